The van der Waals surface area contributed by atoms with Crippen molar-refractivity contribution < 1.29 is 19.6 Å². The third-order valence-electron chi connectivity index (χ3n) is 3.89. The molecule has 0 saturated heterocycles. The molecule has 3 rings (SSSR count). The third-order valence-corrected chi connectivity index (χ3v) is 3.89. The molecule has 0 atom stereocenters. The minimum atomic E-state index is -0.490. The molecule has 8 nitrogen and oxygen atoms in total. The van der Waals surface area contributed by atoms with Crippen LogP contribution in [0.2, 0.25) is 0 Å². The minimum Gasteiger partial charge on any atom is -0.449 e. The van der Waals surface area contributed by atoms with Gasteiger partial charge >= 0.3 is 0 Å². The molecule has 26 heavy (non-hydrogen) atoms. The summed E-state index contributed by atoms with van der Waals surface area (Å²) in [5.41, 5.74) is 7.41. The quantitative estimate of drug-likeness (QED) is 0.368. The fourth-order valence-electron chi connectivity index (χ4n) is 2.62. The van der Waals surface area contributed by atoms with Crippen molar-refractivity contribution in [3.8, 4) is 5.75 Å². The van der Waals surface area contributed by atoms with Crippen LogP contribution >= 0.6 is 0 Å². The molecule has 0 bridgehead atoms. The number of nitro groups is 1. The van der Waals surface area contributed by atoms with Gasteiger partial charge in [-0.05, 0) is 48.4 Å². The van der Waals surface area contributed by atoms with Crippen LogP contribution in [-0.2, 0) is 4.79 Å². The summed E-state index contributed by atoms with van der Waals surface area (Å²) < 4.78 is 5.71. The smallest absolute Gasteiger partial charge is 0.294 e. The van der Waals surface area contributed by atoms with Crippen LogP contribution in [0.4, 0.5) is 17.1 Å². The number of hydrogen-bond donors (Lipinski definition) is 2. The molecule has 0 spiro atoms. The third kappa shape index (κ3) is 3.50. The lowest BCUT2D eigenvalue weighted by atomic mass is 10.1. The minimum absolute atomic E-state index is 0.0339. The summed E-state index contributed by atoms with van der Waals surface area (Å²) in [7, 11) is 0. The number of fused-ring (bicyclic) bond motifs is 1. The van der Waals surface area contributed by atoms with Crippen molar-refractivity contribution in [1.29, 1.82) is 0 Å². The zero-order chi connectivity index (χ0) is 18.7. The molecule has 1 amide bonds. The van der Waals surface area contributed by atoms with E-state index in [1.165, 1.54) is 23.1 Å². The van der Waals surface area contributed by atoms with Gasteiger partial charge in [-0.2, -0.15) is 0 Å². The van der Waals surface area contributed by atoms with Crippen molar-refractivity contribution in [3.05, 3.63) is 63.9 Å². The van der Waals surface area contributed by atoms with Gasteiger partial charge in [-0.25, -0.2) is 0 Å². The van der Waals surface area contributed by atoms with Gasteiger partial charge in [0.1, 0.15) is 0 Å². The first kappa shape index (κ1) is 17.4. The van der Waals surface area contributed by atoms with Crippen molar-refractivity contribution >= 4 is 29.0 Å². The molecule has 134 valence electrons. The Kier molecular flexibility index (Phi) is 4.85. The highest BCUT2D eigenvalue weighted by Gasteiger charge is 2.30. The lowest BCUT2D eigenvalue weighted by molar-refractivity contribution is -0.384. The molecule has 0 aliphatic carbocycles. The van der Waals surface area contributed by atoms with Crippen LogP contribution in [0.3, 0.4) is 0 Å². The number of carbonyl (C=O) groups excluding carboxylic acids is 1. The first-order chi connectivity index (χ1) is 12.5. The summed E-state index contributed by atoms with van der Waals surface area (Å²) in [6.45, 7) is 0.260. The number of nitrogens with two attached hydrogens (primary N) is 1. The monoisotopic (exact) mass is 355 g/mol. The summed E-state index contributed by atoms with van der Waals surface area (Å²) in [4.78, 5) is 24.5. The van der Waals surface area contributed by atoms with Gasteiger partial charge in [0.2, 0.25) is 0 Å². The first-order valence-electron chi connectivity index (χ1n) is 7.96. The SMILES string of the molecule is Nc1ccc2c(c1)N(CCCO)C(=O)/C(=C\c1ccc([N+](=O)[O-])cc1)O2. The van der Waals surface area contributed by atoms with Gasteiger partial charge in [0, 0.05) is 31.0 Å². The number of hydrogen-bond acceptors (Lipinski definition) is 6. The maximum atomic E-state index is 12.8. The van der Waals surface area contributed by atoms with Crippen LogP contribution in [0.1, 0.15) is 12.0 Å². The van der Waals surface area contributed by atoms with E-state index in [0.717, 1.165) is 0 Å². The Labute approximate surface area is 149 Å². The summed E-state index contributed by atoms with van der Waals surface area (Å²) in [6.07, 6.45) is 1.93. The standard InChI is InChI=1S/C18H17N3O5/c19-13-4-7-16-15(11-13)20(8-1-9-22)18(23)17(26-16)10-12-2-5-14(6-3-12)21(24)25/h2-7,10-11,22H,1,8-9,19H2/b17-10+. The van der Waals surface area contributed by atoms with Gasteiger partial charge in [0.05, 0.1) is 10.6 Å². The Morgan fingerprint density at radius 1 is 1.23 bits per heavy atom. The largest absolute Gasteiger partial charge is 0.449 e. The molecule has 0 radical (unpaired) electrons. The summed E-state index contributed by atoms with van der Waals surface area (Å²) in [6, 6.07) is 10.8. The van der Waals surface area contributed by atoms with E-state index < -0.39 is 4.92 Å². The van der Waals surface area contributed by atoms with Crippen molar-refractivity contribution in [3.63, 3.8) is 0 Å². The molecule has 0 unspecified atom stereocenters. The van der Waals surface area contributed by atoms with E-state index in [1.54, 1.807) is 30.3 Å². The van der Waals surface area contributed by atoms with E-state index in [1.807, 2.05) is 0 Å². The van der Waals surface area contributed by atoms with E-state index in [-0.39, 0.29) is 24.0 Å². The highest BCUT2D eigenvalue weighted by Crippen LogP contribution is 2.37. The number of aliphatic hydroxyl groups excluding tert-OH is 1. The number of ether oxygens (including phenoxy) is 1. The van der Waals surface area contributed by atoms with Crippen LogP contribution in [0, 0.1) is 10.1 Å². The van der Waals surface area contributed by atoms with Gasteiger partial charge in [-0.3, -0.25) is 14.9 Å². The Bertz CT molecular complexity index is 877. The number of nitro benzene ring substituents is 1. The highest BCUT2D eigenvalue weighted by atomic mass is 16.6. The number of aliphatic hydroxyl groups is 1. The maximum Gasteiger partial charge on any atom is 0.294 e. The van der Waals surface area contributed by atoms with E-state index >= 15 is 0 Å². The number of anilines is 2. The highest BCUT2D eigenvalue weighted by molar-refractivity contribution is 6.10. The molecule has 0 saturated carbocycles. The van der Waals surface area contributed by atoms with Gasteiger partial charge in [0.15, 0.2) is 11.5 Å². The Morgan fingerprint density at radius 2 is 1.96 bits per heavy atom. The van der Waals surface area contributed by atoms with E-state index in [9.17, 15) is 14.9 Å². The lowest BCUT2D eigenvalue weighted by Crippen LogP contribution is -2.38. The fraction of sp³-hybridized carbons (Fsp3) is 0.167. The second kappa shape index (κ2) is 7.24. The van der Waals surface area contributed by atoms with Crippen LogP contribution in [-0.4, -0.2) is 29.1 Å². The number of benzene rings is 2. The lowest BCUT2D eigenvalue weighted by Gasteiger charge is -2.30. The van der Waals surface area contributed by atoms with E-state index in [0.29, 0.717) is 35.7 Å². The van der Waals surface area contributed by atoms with Crippen LogP contribution in [0.5, 0.6) is 5.75 Å². The van der Waals surface area contributed by atoms with Crippen LogP contribution in [0.15, 0.2) is 48.2 Å². The molecular weight excluding hydrogens is 338 g/mol. The van der Waals surface area contributed by atoms with E-state index in [4.69, 9.17) is 15.6 Å². The number of nitrogen functional groups attached to an aromatic ring is 1. The van der Waals surface area contributed by atoms with Gasteiger partial charge in [-0.15, -0.1) is 0 Å². The van der Waals surface area contributed by atoms with Gasteiger partial charge in [0.25, 0.3) is 11.6 Å². The molecule has 1 heterocycles. The van der Waals surface area contributed by atoms with Gasteiger partial charge in [-0.1, -0.05) is 0 Å². The molecule has 0 fully saturated rings. The topological polar surface area (TPSA) is 119 Å². The zero-order valence-corrected chi connectivity index (χ0v) is 13.8. The molecule has 3 N–H and O–H groups in total. The predicted molar refractivity (Wildman–Crippen MR) is 96.6 cm³/mol. The van der Waals surface area contributed by atoms with Gasteiger partial charge < -0.3 is 20.5 Å². The predicted octanol–water partition coefficient (Wildman–Crippen LogP) is 2.33. The number of nitrogens with zero attached hydrogens (tertiary/aromatic N) is 2. The van der Waals surface area contributed by atoms with E-state index in [2.05, 4.69) is 0 Å². The number of non-ortho nitro benzene ring substituents is 1. The van der Waals surface area contributed by atoms with Crippen LogP contribution in [0.25, 0.3) is 6.08 Å². The molecule has 8 heteroatoms. The molecule has 0 aromatic heterocycles. The first-order valence-corrected chi connectivity index (χ1v) is 7.96. The maximum absolute atomic E-state index is 12.8. The van der Waals surface area contributed by atoms with Crippen molar-refractivity contribution in [1.82, 2.24) is 0 Å². The summed E-state index contributed by atoms with van der Waals surface area (Å²) in [5.74, 6) is 0.203. The Morgan fingerprint density at radius 3 is 2.62 bits per heavy atom. The fourth-order valence-corrected chi connectivity index (χ4v) is 2.62. The zero-order valence-electron chi connectivity index (χ0n) is 13.8. The number of rotatable bonds is 5. The Hall–Kier alpha value is -3.39. The average molecular weight is 355 g/mol. The summed E-state index contributed by atoms with van der Waals surface area (Å²) in [5, 5.41) is 19.8. The molecule has 2 aromatic carbocycles. The average Bonchev–Trinajstić information content (AvgIpc) is 2.63. The second-order valence-electron chi connectivity index (χ2n) is 5.72. The van der Waals surface area contributed by atoms with Crippen LogP contribution < -0.4 is 15.4 Å². The van der Waals surface area contributed by atoms with Crippen molar-refractivity contribution in [2.24, 2.45) is 0 Å². The molecule has 2 aromatic rings. The molecule has 1 aliphatic rings. The summed E-state index contributed by atoms with van der Waals surface area (Å²) >= 11 is 0. The number of amides is 1. The molecule has 1 aliphatic heterocycles. The number of carbonyl (C=O) groups is 1. The normalized spacial score (nSPS) is 14.9. The Balaban J connectivity index is 1.96. The molecular formula is C18H17N3O5. The second-order valence-corrected chi connectivity index (χ2v) is 5.72. The van der Waals surface area contributed by atoms with Crippen molar-refractivity contribution in [2.75, 3.05) is 23.8 Å². The van der Waals surface area contributed by atoms with Crippen molar-refractivity contribution in [2.45, 2.75) is 6.42 Å².